The van der Waals surface area contributed by atoms with Gasteiger partial charge in [-0.25, -0.2) is 8.51 Å². The maximum atomic E-state index is 12.7. The first-order valence-corrected chi connectivity index (χ1v) is 10.2. The number of esters is 1. The monoisotopic (exact) mass is 427 g/mol. The molecule has 0 N–H and O–H groups in total. The Bertz CT molecular complexity index is 900. The third kappa shape index (κ3) is 5.57. The molecule has 156 valence electrons. The Labute approximate surface area is 169 Å². The van der Waals surface area contributed by atoms with Crippen LogP contribution in [0.1, 0.15) is 23.1 Å². The van der Waals surface area contributed by atoms with E-state index in [1.54, 1.807) is 16.4 Å². The molecule has 0 saturated carbocycles. The highest BCUT2D eigenvalue weighted by atomic mass is 32.2. The van der Waals surface area contributed by atoms with E-state index in [2.05, 4.69) is 4.74 Å². The number of ether oxygens (including phenoxy) is 2. The summed E-state index contributed by atoms with van der Waals surface area (Å²) in [5.74, 6) is 0.588. The summed E-state index contributed by atoms with van der Waals surface area (Å²) in [4.78, 5) is 11.2. The molecule has 1 atom stereocenters. The third-order valence-corrected chi connectivity index (χ3v) is 6.01. The topological polar surface area (TPSA) is 55.8 Å². The largest absolute Gasteiger partial charge is 0.469 e. The Morgan fingerprint density at radius 3 is 2.45 bits per heavy atom. The number of rotatable bonds is 6. The number of hydrogen-bond donors (Lipinski definition) is 0. The molecule has 1 aliphatic rings. The average molecular weight is 427 g/mol. The van der Waals surface area contributed by atoms with E-state index in [0.29, 0.717) is 31.0 Å². The molecular weight excluding hydrogens is 407 g/mol. The molecule has 9 heteroatoms. The SMILES string of the molecule is COC(=O)CCS(=O)N1CCc2ccc(Oc3ccc(C(F)(F)F)cc3)cc2C1. The van der Waals surface area contributed by atoms with Crippen LogP contribution in [0.25, 0.3) is 0 Å². The van der Waals surface area contributed by atoms with Gasteiger partial charge in [0.15, 0.2) is 0 Å². The molecule has 2 aromatic rings. The third-order valence-electron chi connectivity index (χ3n) is 4.57. The van der Waals surface area contributed by atoms with Gasteiger partial charge in [0, 0.05) is 18.8 Å². The standard InChI is InChI=1S/C20H20F3NO4S/c1-27-19(25)9-11-29(26)24-10-8-14-2-5-18(12-15(14)13-24)28-17-6-3-16(4-7-17)20(21,22)23/h2-7,12H,8-11,13H2,1H3. The predicted octanol–water partition coefficient (Wildman–Crippen LogP) is 4.08. The zero-order chi connectivity index (χ0) is 21.0. The Morgan fingerprint density at radius 2 is 1.79 bits per heavy atom. The Balaban J connectivity index is 1.66. The summed E-state index contributed by atoms with van der Waals surface area (Å²) < 4.78 is 62.4. The lowest BCUT2D eigenvalue weighted by Gasteiger charge is -2.27. The number of carbonyl (C=O) groups excluding carboxylic acids is 1. The normalized spacial score (nSPS) is 15.4. The lowest BCUT2D eigenvalue weighted by Crippen LogP contribution is -2.33. The minimum absolute atomic E-state index is 0.0868. The minimum Gasteiger partial charge on any atom is -0.469 e. The van der Waals surface area contributed by atoms with Crippen LogP contribution in [0.5, 0.6) is 11.5 Å². The van der Waals surface area contributed by atoms with Gasteiger partial charge in [-0.15, -0.1) is 0 Å². The molecule has 0 spiro atoms. The van der Waals surface area contributed by atoms with Gasteiger partial charge in [-0.2, -0.15) is 13.2 Å². The maximum Gasteiger partial charge on any atom is 0.416 e. The van der Waals surface area contributed by atoms with Gasteiger partial charge in [-0.1, -0.05) is 6.07 Å². The van der Waals surface area contributed by atoms with E-state index in [0.717, 1.165) is 23.3 Å². The van der Waals surface area contributed by atoms with Crippen LogP contribution in [-0.4, -0.2) is 33.9 Å². The summed E-state index contributed by atoms with van der Waals surface area (Å²) in [6.45, 7) is 1.05. The predicted molar refractivity (Wildman–Crippen MR) is 102 cm³/mol. The van der Waals surface area contributed by atoms with Crippen LogP contribution in [-0.2, 0) is 39.7 Å². The summed E-state index contributed by atoms with van der Waals surface area (Å²) in [6.07, 6.45) is -3.60. The lowest BCUT2D eigenvalue weighted by atomic mass is 10.0. The van der Waals surface area contributed by atoms with Crippen molar-refractivity contribution in [1.29, 1.82) is 0 Å². The summed E-state index contributed by atoms with van der Waals surface area (Å²) >= 11 is 0. The van der Waals surface area contributed by atoms with Crippen LogP contribution in [0.2, 0.25) is 0 Å². The van der Waals surface area contributed by atoms with Crippen molar-refractivity contribution < 1.29 is 31.6 Å². The zero-order valence-electron chi connectivity index (χ0n) is 15.7. The van der Waals surface area contributed by atoms with Crippen molar-refractivity contribution in [1.82, 2.24) is 4.31 Å². The van der Waals surface area contributed by atoms with Crippen LogP contribution in [0, 0.1) is 0 Å². The van der Waals surface area contributed by atoms with Crippen LogP contribution < -0.4 is 4.74 Å². The minimum atomic E-state index is -4.39. The fraction of sp³-hybridized carbons (Fsp3) is 0.350. The van der Waals surface area contributed by atoms with Gasteiger partial charge in [-0.05, 0) is 53.9 Å². The number of halogens is 3. The van der Waals surface area contributed by atoms with Crippen molar-refractivity contribution in [3.63, 3.8) is 0 Å². The molecule has 2 aromatic carbocycles. The Kier molecular flexibility index (Phi) is 6.59. The molecule has 29 heavy (non-hydrogen) atoms. The van der Waals surface area contributed by atoms with E-state index < -0.39 is 28.7 Å². The first-order valence-electron chi connectivity index (χ1n) is 8.93. The molecule has 0 radical (unpaired) electrons. The van der Waals surface area contributed by atoms with Crippen LogP contribution >= 0.6 is 0 Å². The number of methoxy groups -OCH3 is 1. The van der Waals surface area contributed by atoms with Gasteiger partial charge in [0.2, 0.25) is 0 Å². The Hall–Kier alpha value is -2.39. The van der Waals surface area contributed by atoms with E-state index >= 15 is 0 Å². The highest BCUT2D eigenvalue weighted by Crippen LogP contribution is 2.32. The van der Waals surface area contributed by atoms with E-state index in [4.69, 9.17) is 4.74 Å². The van der Waals surface area contributed by atoms with Crippen LogP contribution in [0.4, 0.5) is 13.2 Å². The van der Waals surface area contributed by atoms with Crippen LogP contribution in [0.3, 0.4) is 0 Å². The molecule has 0 bridgehead atoms. The number of fused-ring (bicyclic) bond motifs is 1. The van der Waals surface area contributed by atoms with Gasteiger partial charge in [-0.3, -0.25) is 4.79 Å². The molecule has 5 nitrogen and oxygen atoms in total. The smallest absolute Gasteiger partial charge is 0.416 e. The molecule has 0 aromatic heterocycles. The quantitative estimate of drug-likeness (QED) is 0.652. The summed E-state index contributed by atoms with van der Waals surface area (Å²) in [5.41, 5.74) is 1.30. The number of carbonyl (C=O) groups is 1. The fourth-order valence-electron chi connectivity index (χ4n) is 2.99. The number of nitrogens with zero attached hydrogens (tertiary/aromatic N) is 1. The van der Waals surface area contributed by atoms with E-state index in [1.807, 2.05) is 6.07 Å². The van der Waals surface area contributed by atoms with Gasteiger partial charge in [0.1, 0.15) is 11.5 Å². The van der Waals surface area contributed by atoms with Crippen molar-refractivity contribution >= 4 is 17.0 Å². The van der Waals surface area contributed by atoms with Crippen molar-refractivity contribution in [3.8, 4) is 11.5 Å². The molecule has 0 aliphatic carbocycles. The van der Waals surface area contributed by atoms with Crippen molar-refractivity contribution in [3.05, 3.63) is 59.2 Å². The summed E-state index contributed by atoms with van der Waals surface area (Å²) in [6, 6.07) is 9.97. The molecule has 0 fully saturated rings. The molecule has 1 unspecified atom stereocenters. The average Bonchev–Trinajstić information content (AvgIpc) is 2.71. The van der Waals surface area contributed by atoms with Gasteiger partial charge < -0.3 is 9.47 Å². The van der Waals surface area contributed by atoms with Gasteiger partial charge in [0.25, 0.3) is 0 Å². The van der Waals surface area contributed by atoms with Crippen molar-refractivity contribution in [2.75, 3.05) is 19.4 Å². The van der Waals surface area contributed by atoms with Crippen molar-refractivity contribution in [2.24, 2.45) is 0 Å². The van der Waals surface area contributed by atoms with E-state index in [1.165, 1.54) is 19.2 Å². The first-order chi connectivity index (χ1) is 13.8. The highest BCUT2D eigenvalue weighted by Gasteiger charge is 2.30. The maximum absolute atomic E-state index is 12.7. The fourth-order valence-corrected chi connectivity index (χ4v) is 4.17. The molecule has 0 saturated heterocycles. The number of hydrogen-bond acceptors (Lipinski definition) is 4. The number of benzene rings is 2. The molecular formula is C20H20F3NO4S. The Morgan fingerprint density at radius 1 is 1.10 bits per heavy atom. The van der Waals surface area contributed by atoms with Crippen LogP contribution in [0.15, 0.2) is 42.5 Å². The molecule has 1 aliphatic heterocycles. The molecule has 3 rings (SSSR count). The molecule has 1 heterocycles. The second kappa shape index (κ2) is 8.96. The zero-order valence-corrected chi connectivity index (χ0v) is 16.5. The van der Waals surface area contributed by atoms with Gasteiger partial charge in [0.05, 0.1) is 30.1 Å². The molecule has 0 amide bonds. The van der Waals surface area contributed by atoms with Gasteiger partial charge >= 0.3 is 12.1 Å². The summed E-state index contributed by atoms with van der Waals surface area (Å²) in [7, 11) is -0.0143. The first kappa shape index (κ1) is 21.3. The second-order valence-electron chi connectivity index (χ2n) is 6.52. The number of alkyl halides is 3. The lowest BCUT2D eigenvalue weighted by molar-refractivity contribution is -0.140. The summed E-state index contributed by atoms with van der Waals surface area (Å²) in [5, 5.41) is 0. The van der Waals surface area contributed by atoms with E-state index in [9.17, 15) is 22.2 Å². The highest BCUT2D eigenvalue weighted by molar-refractivity contribution is 7.82. The van der Waals surface area contributed by atoms with E-state index in [-0.39, 0.29) is 12.2 Å². The van der Waals surface area contributed by atoms with Crippen molar-refractivity contribution in [2.45, 2.75) is 25.6 Å². The second-order valence-corrected chi connectivity index (χ2v) is 8.09.